The quantitative estimate of drug-likeness (QED) is 0.446. The molecule has 5 aliphatic rings. The molecule has 2 saturated heterocycles. The van der Waals surface area contributed by atoms with Crippen molar-refractivity contribution in [3.8, 4) is 0 Å². The van der Waals surface area contributed by atoms with Crippen molar-refractivity contribution in [2.24, 2.45) is 23.7 Å². The van der Waals surface area contributed by atoms with E-state index in [4.69, 9.17) is 0 Å². The summed E-state index contributed by atoms with van der Waals surface area (Å²) in [6.07, 6.45) is 19.1. The van der Waals surface area contributed by atoms with E-state index in [9.17, 15) is 9.59 Å². The van der Waals surface area contributed by atoms with E-state index in [-0.39, 0.29) is 23.1 Å². The van der Waals surface area contributed by atoms with E-state index in [1.165, 1.54) is 84.0 Å². The second kappa shape index (κ2) is 9.63. The van der Waals surface area contributed by atoms with Crippen LogP contribution in [0.15, 0.2) is 29.1 Å². The Morgan fingerprint density at radius 1 is 0.757 bits per heavy atom. The SMILES string of the molecule is CC(=O)c1nc2ccccc2n(C2CC3CCCC(C2)N3C2CC3CC(CC(C4CCCC4)C3)C2)c1=O. The van der Waals surface area contributed by atoms with Gasteiger partial charge in [-0.1, -0.05) is 44.2 Å². The minimum absolute atomic E-state index is 0.100. The summed E-state index contributed by atoms with van der Waals surface area (Å²) in [4.78, 5) is 33.3. The molecular weight excluding hydrogens is 458 g/mol. The topological polar surface area (TPSA) is 55.2 Å². The molecule has 3 saturated carbocycles. The van der Waals surface area contributed by atoms with Gasteiger partial charge in [0.15, 0.2) is 11.5 Å². The molecule has 0 radical (unpaired) electrons. The molecule has 1 aromatic carbocycles. The minimum atomic E-state index is -0.230. The fraction of sp³-hybridized carbons (Fsp3) is 0.719. The molecule has 2 aliphatic heterocycles. The Hall–Kier alpha value is -2.01. The molecule has 0 amide bonds. The predicted octanol–water partition coefficient (Wildman–Crippen LogP) is 6.54. The van der Waals surface area contributed by atoms with Crippen LogP contribution >= 0.6 is 0 Å². The molecule has 0 spiro atoms. The van der Waals surface area contributed by atoms with Crippen LogP contribution in [0.2, 0.25) is 0 Å². The van der Waals surface area contributed by atoms with Gasteiger partial charge in [0.2, 0.25) is 0 Å². The number of aromatic nitrogens is 2. The first kappa shape index (κ1) is 24.1. The third kappa shape index (κ3) is 4.30. The predicted molar refractivity (Wildman–Crippen MR) is 147 cm³/mol. The van der Waals surface area contributed by atoms with Gasteiger partial charge < -0.3 is 4.57 Å². The molecule has 4 atom stereocenters. The molecule has 5 fully saturated rings. The maximum Gasteiger partial charge on any atom is 0.280 e. The molecule has 1 aromatic heterocycles. The Bertz CT molecular complexity index is 1200. The summed E-state index contributed by atoms with van der Waals surface area (Å²) in [5.41, 5.74) is 1.56. The van der Waals surface area contributed by atoms with Gasteiger partial charge in [0.05, 0.1) is 11.0 Å². The van der Waals surface area contributed by atoms with Crippen LogP contribution in [0.4, 0.5) is 0 Å². The van der Waals surface area contributed by atoms with E-state index in [1.807, 2.05) is 28.8 Å². The normalized spacial score (nSPS) is 36.6. The second-order valence-corrected chi connectivity index (χ2v) is 13.4. The smallest absolute Gasteiger partial charge is 0.280 e. The van der Waals surface area contributed by atoms with E-state index in [0.29, 0.717) is 12.1 Å². The van der Waals surface area contributed by atoms with Crippen LogP contribution in [0.1, 0.15) is 113 Å². The van der Waals surface area contributed by atoms with Crippen LogP contribution in [0.5, 0.6) is 0 Å². The monoisotopic (exact) mass is 501 g/mol. The van der Waals surface area contributed by atoms with Gasteiger partial charge in [-0.05, 0) is 93.6 Å². The largest absolute Gasteiger partial charge is 0.302 e. The number of Topliss-reactive ketones (excluding diaryl/α,β-unsaturated/α-hetero) is 1. The van der Waals surface area contributed by atoms with Gasteiger partial charge in [0.25, 0.3) is 5.56 Å². The van der Waals surface area contributed by atoms with E-state index in [0.717, 1.165) is 53.6 Å². The highest BCUT2D eigenvalue weighted by molar-refractivity contribution is 5.93. The van der Waals surface area contributed by atoms with E-state index in [2.05, 4.69) is 9.88 Å². The summed E-state index contributed by atoms with van der Waals surface area (Å²) in [7, 11) is 0. The third-order valence-corrected chi connectivity index (χ3v) is 11.1. The van der Waals surface area contributed by atoms with Crippen molar-refractivity contribution in [3.05, 3.63) is 40.3 Å². The van der Waals surface area contributed by atoms with Gasteiger partial charge in [-0.25, -0.2) is 4.98 Å². The van der Waals surface area contributed by atoms with E-state index in [1.54, 1.807) is 0 Å². The number of hydrogen-bond donors (Lipinski definition) is 0. The lowest BCUT2D eigenvalue weighted by Gasteiger charge is -2.56. The minimum Gasteiger partial charge on any atom is -0.302 e. The van der Waals surface area contributed by atoms with Crippen molar-refractivity contribution in [2.45, 2.75) is 121 Å². The zero-order valence-corrected chi connectivity index (χ0v) is 22.5. The highest BCUT2D eigenvalue weighted by Gasteiger charge is 2.47. The number of hydrogen-bond acceptors (Lipinski definition) is 4. The number of carbonyl (C=O) groups is 1. The van der Waals surface area contributed by atoms with Crippen LogP contribution in [-0.4, -0.2) is 38.4 Å². The average Bonchev–Trinajstić information content (AvgIpc) is 3.42. The van der Waals surface area contributed by atoms with Crippen molar-refractivity contribution in [2.75, 3.05) is 0 Å². The maximum absolute atomic E-state index is 13.6. The third-order valence-electron chi connectivity index (χ3n) is 11.1. The van der Waals surface area contributed by atoms with Gasteiger partial charge in [0, 0.05) is 31.1 Å². The summed E-state index contributed by atoms with van der Waals surface area (Å²) in [6, 6.07) is 9.90. The Morgan fingerprint density at radius 3 is 2.11 bits per heavy atom. The molecule has 4 bridgehead atoms. The lowest BCUT2D eigenvalue weighted by molar-refractivity contribution is -0.0560. The summed E-state index contributed by atoms with van der Waals surface area (Å²) in [6.45, 7) is 1.47. The van der Waals surface area contributed by atoms with Crippen LogP contribution < -0.4 is 5.56 Å². The first-order valence-corrected chi connectivity index (χ1v) is 15.3. The number of rotatable bonds is 4. The molecule has 4 unspecified atom stereocenters. The van der Waals surface area contributed by atoms with Gasteiger partial charge in [0.1, 0.15) is 0 Å². The van der Waals surface area contributed by atoms with Gasteiger partial charge in [-0.2, -0.15) is 0 Å². The van der Waals surface area contributed by atoms with Crippen LogP contribution in [0.3, 0.4) is 0 Å². The molecule has 37 heavy (non-hydrogen) atoms. The molecule has 7 rings (SSSR count). The molecule has 5 heteroatoms. The van der Waals surface area contributed by atoms with Crippen LogP contribution in [0.25, 0.3) is 11.0 Å². The van der Waals surface area contributed by atoms with Crippen molar-refractivity contribution >= 4 is 16.8 Å². The van der Waals surface area contributed by atoms with Gasteiger partial charge >= 0.3 is 0 Å². The standard InChI is InChI=1S/C32H43N3O2/c1-20(36)31-32(37)35(30-12-5-4-11-29(30)33-31)28-18-25-9-6-10-26(19-28)34(25)27-16-21-13-22(17-27)15-24(14-21)23-7-2-3-8-23/h4-5,11-12,21-28H,2-3,6-10,13-19H2,1H3. The fourth-order valence-electron chi connectivity index (χ4n) is 9.87. The highest BCUT2D eigenvalue weighted by atomic mass is 16.1. The van der Waals surface area contributed by atoms with E-state index >= 15 is 0 Å². The summed E-state index contributed by atoms with van der Waals surface area (Å²) in [5, 5.41) is 0. The summed E-state index contributed by atoms with van der Waals surface area (Å²) in [5.74, 6) is 3.69. The van der Waals surface area contributed by atoms with Crippen molar-refractivity contribution in [1.29, 1.82) is 0 Å². The number of ketones is 1. The van der Waals surface area contributed by atoms with Crippen molar-refractivity contribution in [1.82, 2.24) is 14.5 Å². The maximum atomic E-state index is 13.6. The molecule has 0 N–H and O–H groups in total. The van der Waals surface area contributed by atoms with Crippen molar-refractivity contribution < 1.29 is 4.79 Å². The second-order valence-electron chi connectivity index (χ2n) is 13.4. The Balaban J connectivity index is 1.14. The molecule has 198 valence electrons. The average molecular weight is 502 g/mol. The van der Waals surface area contributed by atoms with Crippen LogP contribution in [0, 0.1) is 23.7 Å². The number of para-hydroxylation sites is 2. The molecule has 3 aliphatic carbocycles. The molecule has 2 aromatic rings. The number of benzene rings is 1. The Kier molecular flexibility index (Phi) is 6.26. The summed E-state index contributed by atoms with van der Waals surface area (Å²) < 4.78 is 1.96. The zero-order valence-electron chi connectivity index (χ0n) is 22.5. The van der Waals surface area contributed by atoms with E-state index < -0.39 is 0 Å². The molecular formula is C32H43N3O2. The first-order valence-electron chi connectivity index (χ1n) is 15.3. The van der Waals surface area contributed by atoms with Gasteiger partial charge in [-0.3, -0.25) is 14.5 Å². The number of fused-ring (bicyclic) bond motifs is 5. The lowest BCUT2D eigenvalue weighted by Crippen LogP contribution is -2.59. The lowest BCUT2D eigenvalue weighted by atomic mass is 9.62. The van der Waals surface area contributed by atoms with Gasteiger partial charge in [-0.15, -0.1) is 0 Å². The number of carbonyl (C=O) groups excluding carboxylic acids is 1. The Morgan fingerprint density at radius 2 is 1.43 bits per heavy atom. The fourth-order valence-corrected chi connectivity index (χ4v) is 9.87. The zero-order chi connectivity index (χ0) is 25.1. The van der Waals surface area contributed by atoms with Crippen molar-refractivity contribution in [3.63, 3.8) is 0 Å². The molecule has 5 nitrogen and oxygen atoms in total. The molecule has 3 heterocycles. The first-order chi connectivity index (χ1) is 18.0. The Labute approximate surface area is 221 Å². The number of piperidine rings is 2. The van der Waals surface area contributed by atoms with Crippen LogP contribution in [-0.2, 0) is 0 Å². The summed E-state index contributed by atoms with van der Waals surface area (Å²) >= 11 is 0. The highest BCUT2D eigenvalue weighted by Crippen LogP contribution is 2.51. The number of nitrogens with zero attached hydrogens (tertiary/aromatic N) is 3.